The average molecular weight is 320 g/mol. The second-order valence-electron chi connectivity index (χ2n) is 5.30. The van der Waals surface area contributed by atoms with Crippen LogP contribution < -0.4 is 11.1 Å². The van der Waals surface area contributed by atoms with E-state index in [1.165, 1.54) is 0 Å². The summed E-state index contributed by atoms with van der Waals surface area (Å²) in [4.78, 5) is 46.1. The lowest BCUT2D eigenvalue weighted by Crippen LogP contribution is -2.45. The number of benzene rings is 1. The van der Waals surface area contributed by atoms with Gasteiger partial charge in [0.15, 0.2) is 11.9 Å². The molecule has 0 saturated heterocycles. The fourth-order valence-corrected chi connectivity index (χ4v) is 1.87. The van der Waals surface area contributed by atoms with Crippen LogP contribution in [0.4, 0.5) is 4.79 Å². The number of esters is 1. The molecule has 7 heteroatoms. The second kappa shape index (κ2) is 8.67. The third-order valence-corrected chi connectivity index (χ3v) is 3.02. The molecule has 0 bridgehead atoms. The third kappa shape index (κ3) is 6.29. The van der Waals surface area contributed by atoms with Crippen molar-refractivity contribution in [1.29, 1.82) is 0 Å². The van der Waals surface area contributed by atoms with Gasteiger partial charge in [0.25, 0.3) is 5.91 Å². The van der Waals surface area contributed by atoms with Crippen LogP contribution in [0.25, 0.3) is 0 Å². The lowest BCUT2D eigenvalue weighted by molar-refractivity contribution is -0.158. The molecule has 3 N–H and O–H groups in total. The van der Waals surface area contributed by atoms with Gasteiger partial charge in [-0.2, -0.15) is 0 Å². The number of amides is 3. The molecule has 1 atom stereocenters. The minimum atomic E-state index is -1.14. The summed E-state index contributed by atoms with van der Waals surface area (Å²) in [6, 6.07) is 7.55. The van der Waals surface area contributed by atoms with Gasteiger partial charge < -0.3 is 10.5 Å². The van der Waals surface area contributed by atoms with Crippen LogP contribution in [-0.2, 0) is 14.3 Å². The molecule has 124 valence electrons. The van der Waals surface area contributed by atoms with Gasteiger partial charge in [0.05, 0.1) is 6.42 Å². The Labute approximate surface area is 134 Å². The standard InChI is InChI=1S/C16H20N2O5/c1-10(2)14(15(21)18-16(17)22)23-13(20)9-8-12(19)11-6-4-3-5-7-11/h3-7,10,14H,8-9H2,1-2H3,(H3,17,18,21,22)/t14-/m1/s1. The minimum Gasteiger partial charge on any atom is -0.452 e. The third-order valence-electron chi connectivity index (χ3n) is 3.02. The number of ketones is 1. The van der Waals surface area contributed by atoms with Gasteiger partial charge in [0, 0.05) is 12.0 Å². The Morgan fingerprint density at radius 3 is 2.22 bits per heavy atom. The predicted octanol–water partition coefficient (Wildman–Crippen LogP) is 1.41. The van der Waals surface area contributed by atoms with Crippen molar-refractivity contribution in [2.24, 2.45) is 11.7 Å². The van der Waals surface area contributed by atoms with Crippen LogP contribution in [0.15, 0.2) is 30.3 Å². The van der Waals surface area contributed by atoms with Crippen molar-refractivity contribution in [2.75, 3.05) is 0 Å². The fraction of sp³-hybridized carbons (Fsp3) is 0.375. The Morgan fingerprint density at radius 1 is 1.09 bits per heavy atom. The number of carbonyl (C=O) groups is 4. The molecule has 0 aliphatic heterocycles. The quantitative estimate of drug-likeness (QED) is 0.582. The minimum absolute atomic E-state index is 0.0227. The maximum absolute atomic E-state index is 11.9. The van der Waals surface area contributed by atoms with E-state index in [-0.39, 0.29) is 24.5 Å². The topological polar surface area (TPSA) is 116 Å². The normalized spacial score (nSPS) is 11.6. The van der Waals surface area contributed by atoms with Gasteiger partial charge in [-0.15, -0.1) is 0 Å². The first-order valence-corrected chi connectivity index (χ1v) is 7.19. The van der Waals surface area contributed by atoms with Crippen LogP contribution in [0.3, 0.4) is 0 Å². The first-order valence-electron chi connectivity index (χ1n) is 7.19. The smallest absolute Gasteiger partial charge is 0.318 e. The zero-order chi connectivity index (χ0) is 17.4. The van der Waals surface area contributed by atoms with Crippen molar-refractivity contribution >= 4 is 23.7 Å². The van der Waals surface area contributed by atoms with Gasteiger partial charge >= 0.3 is 12.0 Å². The molecule has 0 aromatic heterocycles. The molecule has 0 saturated carbocycles. The highest BCUT2D eigenvalue weighted by Crippen LogP contribution is 2.11. The first kappa shape index (κ1) is 18.3. The van der Waals surface area contributed by atoms with E-state index in [0.717, 1.165) is 0 Å². The maximum atomic E-state index is 11.9. The Morgan fingerprint density at radius 2 is 1.70 bits per heavy atom. The zero-order valence-electron chi connectivity index (χ0n) is 13.1. The van der Waals surface area contributed by atoms with Crippen molar-refractivity contribution in [3.63, 3.8) is 0 Å². The summed E-state index contributed by atoms with van der Waals surface area (Å²) in [5.41, 5.74) is 5.38. The average Bonchev–Trinajstić information content (AvgIpc) is 2.50. The van der Waals surface area contributed by atoms with Crippen molar-refractivity contribution in [2.45, 2.75) is 32.8 Å². The molecule has 1 aromatic carbocycles. The van der Waals surface area contributed by atoms with Gasteiger partial charge in [-0.1, -0.05) is 44.2 Å². The van der Waals surface area contributed by atoms with E-state index in [9.17, 15) is 19.2 Å². The van der Waals surface area contributed by atoms with Gasteiger partial charge in [0.1, 0.15) is 0 Å². The summed E-state index contributed by atoms with van der Waals surface area (Å²) in [5, 5.41) is 1.88. The summed E-state index contributed by atoms with van der Waals surface area (Å²) < 4.78 is 5.05. The van der Waals surface area contributed by atoms with Crippen molar-refractivity contribution < 1.29 is 23.9 Å². The monoisotopic (exact) mass is 320 g/mol. The molecule has 0 aliphatic carbocycles. The Bertz CT molecular complexity index is 583. The van der Waals surface area contributed by atoms with E-state index in [1.54, 1.807) is 44.2 Å². The van der Waals surface area contributed by atoms with Crippen molar-refractivity contribution in [3.05, 3.63) is 35.9 Å². The molecule has 0 radical (unpaired) electrons. The molecule has 0 heterocycles. The number of primary amides is 1. The van der Waals surface area contributed by atoms with E-state index in [1.807, 2.05) is 5.32 Å². The molecule has 7 nitrogen and oxygen atoms in total. The first-order chi connectivity index (χ1) is 10.8. The summed E-state index contributed by atoms with van der Waals surface area (Å²) >= 11 is 0. The number of hydrogen-bond donors (Lipinski definition) is 2. The number of Topliss-reactive ketones (excluding diaryl/α,β-unsaturated/α-hetero) is 1. The van der Waals surface area contributed by atoms with Crippen LogP contribution in [0.2, 0.25) is 0 Å². The van der Waals surface area contributed by atoms with Crippen LogP contribution in [0.5, 0.6) is 0 Å². The molecule has 0 spiro atoms. The highest BCUT2D eigenvalue weighted by Gasteiger charge is 2.27. The van der Waals surface area contributed by atoms with Gasteiger partial charge in [-0.25, -0.2) is 4.79 Å². The highest BCUT2D eigenvalue weighted by molar-refractivity contribution is 5.98. The number of nitrogens with two attached hydrogens (primary N) is 1. The van der Waals surface area contributed by atoms with E-state index in [4.69, 9.17) is 10.5 Å². The Hall–Kier alpha value is -2.70. The van der Waals surface area contributed by atoms with Gasteiger partial charge in [0.2, 0.25) is 0 Å². The zero-order valence-corrected chi connectivity index (χ0v) is 13.1. The van der Waals surface area contributed by atoms with Crippen LogP contribution in [0.1, 0.15) is 37.0 Å². The lowest BCUT2D eigenvalue weighted by atomic mass is 10.1. The number of nitrogens with one attached hydrogen (secondary N) is 1. The summed E-state index contributed by atoms with van der Waals surface area (Å²) in [6.45, 7) is 3.32. The SMILES string of the molecule is CC(C)[C@@H](OC(=O)CCC(=O)c1ccccc1)C(=O)NC(N)=O. The van der Waals surface area contributed by atoms with E-state index in [0.29, 0.717) is 5.56 Å². The van der Waals surface area contributed by atoms with E-state index in [2.05, 4.69) is 0 Å². The Kier molecular flexibility index (Phi) is 6.92. The number of hydrogen-bond acceptors (Lipinski definition) is 5. The van der Waals surface area contributed by atoms with Gasteiger partial charge in [-0.3, -0.25) is 19.7 Å². The van der Waals surface area contributed by atoms with Crippen LogP contribution in [-0.4, -0.2) is 29.8 Å². The number of carbonyl (C=O) groups excluding carboxylic acids is 4. The van der Waals surface area contributed by atoms with Crippen LogP contribution >= 0.6 is 0 Å². The van der Waals surface area contributed by atoms with E-state index < -0.39 is 24.0 Å². The summed E-state index contributed by atoms with van der Waals surface area (Å²) in [7, 11) is 0. The van der Waals surface area contributed by atoms with E-state index >= 15 is 0 Å². The van der Waals surface area contributed by atoms with Crippen molar-refractivity contribution in [1.82, 2.24) is 5.32 Å². The summed E-state index contributed by atoms with van der Waals surface area (Å²) in [6.07, 6.45) is -1.31. The number of urea groups is 1. The summed E-state index contributed by atoms with van der Waals surface area (Å²) in [5.74, 6) is -2.00. The Balaban J connectivity index is 2.54. The molecule has 23 heavy (non-hydrogen) atoms. The molecule has 3 amide bonds. The highest BCUT2D eigenvalue weighted by atomic mass is 16.5. The van der Waals surface area contributed by atoms with Crippen LogP contribution in [0, 0.1) is 5.92 Å². The molecule has 0 fully saturated rings. The molecular weight excluding hydrogens is 300 g/mol. The molecule has 0 aliphatic rings. The number of rotatable bonds is 7. The number of imide groups is 1. The van der Waals surface area contributed by atoms with Gasteiger partial charge in [-0.05, 0) is 5.92 Å². The fourth-order valence-electron chi connectivity index (χ4n) is 1.87. The number of ether oxygens (including phenoxy) is 1. The molecular formula is C16H20N2O5. The maximum Gasteiger partial charge on any atom is 0.318 e. The lowest BCUT2D eigenvalue weighted by Gasteiger charge is -2.19. The second-order valence-corrected chi connectivity index (χ2v) is 5.30. The molecule has 1 aromatic rings. The largest absolute Gasteiger partial charge is 0.452 e. The predicted molar refractivity (Wildman–Crippen MR) is 82.5 cm³/mol. The van der Waals surface area contributed by atoms with Crippen molar-refractivity contribution in [3.8, 4) is 0 Å². The molecule has 0 unspecified atom stereocenters. The molecule has 1 rings (SSSR count).